The van der Waals surface area contributed by atoms with Gasteiger partial charge in [0.05, 0.1) is 6.20 Å². The first-order valence-corrected chi connectivity index (χ1v) is 6.42. The molecule has 0 atom stereocenters. The maximum Gasteiger partial charge on any atom is 1.00 e. The SMILES string of the molecule is CC(C)O[B-](OC(C)C)(OC(C)C)c1ncco1.[Li+]. The first-order valence-electron chi connectivity index (χ1n) is 6.42. The predicted octanol–water partition coefficient (Wildman–Crippen LogP) is -0.900. The van der Waals surface area contributed by atoms with Crippen LogP contribution in [0, 0.1) is 0 Å². The molecule has 0 N–H and O–H groups in total. The van der Waals surface area contributed by atoms with Crippen molar-refractivity contribution < 1.29 is 37.2 Å². The van der Waals surface area contributed by atoms with Gasteiger partial charge < -0.3 is 18.4 Å². The maximum atomic E-state index is 5.87. The zero-order valence-corrected chi connectivity index (χ0v) is 13.0. The first-order chi connectivity index (χ1) is 8.35. The van der Waals surface area contributed by atoms with Gasteiger partial charge in [0.1, 0.15) is 12.1 Å². The van der Waals surface area contributed by atoms with Gasteiger partial charge in [0.15, 0.2) is 0 Å². The Bertz CT molecular complexity index is 317. The molecule has 0 saturated heterocycles. The van der Waals surface area contributed by atoms with Crippen LogP contribution in [0.1, 0.15) is 41.5 Å². The number of hydrogen-bond acceptors (Lipinski definition) is 5. The van der Waals surface area contributed by atoms with Crippen molar-refractivity contribution in [2.24, 2.45) is 0 Å². The quantitative estimate of drug-likeness (QED) is 0.597. The van der Waals surface area contributed by atoms with Crippen LogP contribution in [0.4, 0.5) is 0 Å². The van der Waals surface area contributed by atoms with Crippen LogP contribution in [0.3, 0.4) is 0 Å². The summed E-state index contributed by atoms with van der Waals surface area (Å²) in [6, 6.07) is 0. The average Bonchev–Trinajstić information content (AvgIpc) is 2.65. The van der Waals surface area contributed by atoms with Crippen LogP contribution >= 0.6 is 0 Å². The third kappa shape index (κ3) is 5.72. The average molecular weight is 263 g/mol. The Labute approximate surface area is 127 Å². The van der Waals surface area contributed by atoms with E-state index in [1.807, 2.05) is 41.5 Å². The van der Waals surface area contributed by atoms with Crippen molar-refractivity contribution in [3.63, 3.8) is 0 Å². The molecule has 0 radical (unpaired) electrons. The Balaban J connectivity index is 0.00000324. The van der Waals surface area contributed by atoms with Crippen LogP contribution in [0.2, 0.25) is 0 Å². The Morgan fingerprint density at radius 2 is 1.37 bits per heavy atom. The van der Waals surface area contributed by atoms with E-state index in [0.717, 1.165) is 0 Å². The third-order valence-corrected chi connectivity index (χ3v) is 2.11. The Morgan fingerprint density at radius 3 is 1.63 bits per heavy atom. The summed E-state index contributed by atoms with van der Waals surface area (Å²) in [7, 11) is 0. The van der Waals surface area contributed by atoms with Gasteiger partial charge in [-0.05, 0) is 41.5 Å². The van der Waals surface area contributed by atoms with Gasteiger partial charge in [-0.25, -0.2) is 0 Å². The van der Waals surface area contributed by atoms with Crippen LogP contribution in [0.25, 0.3) is 0 Å². The Hall–Kier alpha value is -0.248. The summed E-state index contributed by atoms with van der Waals surface area (Å²) >= 11 is 0. The summed E-state index contributed by atoms with van der Waals surface area (Å²) in [5, 5.41) is 0. The molecule has 19 heavy (non-hydrogen) atoms. The second-order valence-electron chi connectivity index (χ2n) is 5.07. The molecule has 0 aliphatic carbocycles. The van der Waals surface area contributed by atoms with Gasteiger partial charge >= 0.3 is 25.6 Å². The normalized spacial score (nSPS) is 12.3. The molecule has 0 bridgehead atoms. The number of rotatable bonds is 7. The van der Waals surface area contributed by atoms with Crippen molar-refractivity contribution in [3.8, 4) is 0 Å². The van der Waals surface area contributed by atoms with Gasteiger partial charge in [-0.1, -0.05) is 0 Å². The summed E-state index contributed by atoms with van der Waals surface area (Å²) in [5.74, 6) is 0.339. The predicted molar refractivity (Wildman–Crippen MR) is 70.6 cm³/mol. The fourth-order valence-electron chi connectivity index (χ4n) is 1.75. The minimum absolute atomic E-state index is 0. The third-order valence-electron chi connectivity index (χ3n) is 2.11. The second kappa shape index (κ2) is 8.13. The van der Waals surface area contributed by atoms with Crippen LogP contribution in [0.15, 0.2) is 16.9 Å². The molecule has 0 aliphatic rings. The largest absolute Gasteiger partial charge is 1.00 e. The minimum atomic E-state index is -2.15. The molecule has 1 heterocycles. The van der Waals surface area contributed by atoms with E-state index in [9.17, 15) is 0 Å². The fourth-order valence-corrected chi connectivity index (χ4v) is 1.75. The number of nitrogens with zero attached hydrogens (tertiary/aromatic N) is 1. The number of aromatic nitrogens is 1. The molecule has 1 rings (SSSR count). The van der Waals surface area contributed by atoms with Gasteiger partial charge in [-0.2, -0.15) is 0 Å². The summed E-state index contributed by atoms with van der Waals surface area (Å²) < 4.78 is 22.9. The molecule has 5 nitrogen and oxygen atoms in total. The number of hydrogen-bond donors (Lipinski definition) is 0. The van der Waals surface area contributed by atoms with Crippen molar-refractivity contribution in [1.82, 2.24) is 4.98 Å². The van der Waals surface area contributed by atoms with E-state index in [0.29, 0.717) is 5.79 Å². The van der Waals surface area contributed by atoms with E-state index in [1.54, 1.807) is 6.20 Å². The molecule has 7 heteroatoms. The Morgan fingerprint density at radius 1 is 0.947 bits per heavy atom. The zero-order chi connectivity index (χ0) is 13.8. The van der Waals surface area contributed by atoms with E-state index in [-0.39, 0.29) is 37.2 Å². The molecule has 1 aromatic rings. The summed E-state index contributed by atoms with van der Waals surface area (Å²) in [6.07, 6.45) is 2.87. The smallest absolute Gasteiger partial charge is 0.536 e. The van der Waals surface area contributed by atoms with Gasteiger partial charge in [0.25, 0.3) is 0 Å². The molecule has 0 spiro atoms. The summed E-state index contributed by atoms with van der Waals surface area (Å²) in [5.41, 5.74) is 0. The maximum absolute atomic E-state index is 5.87. The van der Waals surface area contributed by atoms with E-state index in [2.05, 4.69) is 4.98 Å². The van der Waals surface area contributed by atoms with Crippen LogP contribution in [0.5, 0.6) is 0 Å². The van der Waals surface area contributed by atoms with Gasteiger partial charge in [-0.15, -0.1) is 0 Å². The molecule has 0 aromatic carbocycles. The van der Waals surface area contributed by atoms with Crippen LogP contribution in [-0.4, -0.2) is 30.1 Å². The van der Waals surface area contributed by atoms with E-state index in [4.69, 9.17) is 18.4 Å². The molecule has 0 aliphatic heterocycles. The summed E-state index contributed by atoms with van der Waals surface area (Å²) in [4.78, 5) is 4.13. The van der Waals surface area contributed by atoms with Crippen LogP contribution < -0.4 is 24.7 Å². The van der Waals surface area contributed by atoms with E-state index in [1.165, 1.54) is 6.26 Å². The number of oxazole rings is 1. The van der Waals surface area contributed by atoms with Gasteiger partial charge in [-0.3, -0.25) is 4.98 Å². The van der Waals surface area contributed by atoms with Gasteiger partial charge in [0.2, 0.25) is 0 Å². The van der Waals surface area contributed by atoms with Crippen LogP contribution in [-0.2, 0) is 14.0 Å². The molecule has 0 amide bonds. The fraction of sp³-hybridized carbons (Fsp3) is 0.750. The molecule has 0 saturated carbocycles. The zero-order valence-electron chi connectivity index (χ0n) is 13.0. The second-order valence-corrected chi connectivity index (χ2v) is 5.07. The van der Waals surface area contributed by atoms with E-state index >= 15 is 0 Å². The molecular weight excluding hydrogens is 240 g/mol. The first kappa shape index (κ1) is 18.8. The Kier molecular flexibility index (Phi) is 8.03. The van der Waals surface area contributed by atoms with Crippen molar-refractivity contribution in [3.05, 3.63) is 12.5 Å². The van der Waals surface area contributed by atoms with Crippen molar-refractivity contribution in [1.29, 1.82) is 0 Å². The monoisotopic (exact) mass is 263 g/mol. The molecule has 0 fully saturated rings. The van der Waals surface area contributed by atoms with Gasteiger partial charge in [0, 0.05) is 18.3 Å². The molecular formula is C12H23BLiNO4. The topological polar surface area (TPSA) is 53.7 Å². The van der Waals surface area contributed by atoms with Crippen molar-refractivity contribution in [2.75, 3.05) is 0 Å². The van der Waals surface area contributed by atoms with E-state index < -0.39 is 6.75 Å². The molecule has 104 valence electrons. The summed E-state index contributed by atoms with van der Waals surface area (Å²) in [6.45, 7) is 9.39. The minimum Gasteiger partial charge on any atom is -0.536 e. The standard InChI is InChI=1S/C12H23BNO4.Li/c1-9(2)16-13(17-10(3)4,18-11(5)6)12-14-7-8-15-12;/h7-11H,1-6H3;/q-1;+1. The molecule has 0 unspecified atom stereocenters. The van der Waals surface area contributed by atoms with Crippen molar-refractivity contribution >= 4 is 12.5 Å². The molecule has 1 aromatic heterocycles. The van der Waals surface area contributed by atoms with Crippen molar-refractivity contribution in [2.45, 2.75) is 59.9 Å².